The van der Waals surface area contributed by atoms with Crippen LogP contribution in [0.4, 0.5) is 0 Å². The summed E-state index contributed by atoms with van der Waals surface area (Å²) in [6.45, 7) is 6.98. The summed E-state index contributed by atoms with van der Waals surface area (Å²) in [6.07, 6.45) is 9.49. The Balaban J connectivity index is 1.72. The fraction of sp³-hybridized carbons (Fsp3) is 1.00. The first kappa shape index (κ1) is 15.3. The summed E-state index contributed by atoms with van der Waals surface area (Å²) in [4.78, 5) is 2.76. The van der Waals surface area contributed by atoms with Crippen LogP contribution in [0.5, 0.6) is 0 Å². The predicted octanol–water partition coefficient (Wildman–Crippen LogP) is 2.66. The van der Waals surface area contributed by atoms with Crippen molar-refractivity contribution in [3.63, 3.8) is 0 Å². The molecule has 2 atom stereocenters. The molecule has 0 aromatic rings. The van der Waals surface area contributed by atoms with Gasteiger partial charge < -0.3 is 15.0 Å². The van der Waals surface area contributed by atoms with E-state index in [1.54, 1.807) is 0 Å². The molecule has 1 saturated carbocycles. The number of ether oxygens (including phenoxy) is 1. The SMILES string of the molecule is CCCNC1CCCC(N2CCC(COC)CC2)C1. The number of likely N-dealkylation sites (tertiary alicyclic amines) is 1. The molecule has 0 bridgehead atoms. The smallest absolute Gasteiger partial charge is 0.0491 e. The minimum Gasteiger partial charge on any atom is -0.384 e. The molecule has 2 unspecified atom stereocenters. The molecule has 1 heterocycles. The number of hydrogen-bond donors (Lipinski definition) is 1. The molecule has 0 radical (unpaired) electrons. The fourth-order valence-electron chi connectivity index (χ4n) is 3.75. The molecular formula is C16H32N2O. The van der Waals surface area contributed by atoms with E-state index in [1.165, 1.54) is 64.6 Å². The van der Waals surface area contributed by atoms with Gasteiger partial charge in [-0.3, -0.25) is 0 Å². The van der Waals surface area contributed by atoms with Crippen LogP contribution in [0, 0.1) is 5.92 Å². The summed E-state index contributed by atoms with van der Waals surface area (Å²) >= 11 is 0. The van der Waals surface area contributed by atoms with E-state index >= 15 is 0 Å². The Hall–Kier alpha value is -0.120. The lowest BCUT2D eigenvalue weighted by Gasteiger charge is -2.41. The monoisotopic (exact) mass is 268 g/mol. The van der Waals surface area contributed by atoms with Crippen molar-refractivity contribution >= 4 is 0 Å². The molecule has 3 nitrogen and oxygen atoms in total. The first-order chi connectivity index (χ1) is 9.33. The van der Waals surface area contributed by atoms with Crippen molar-refractivity contribution in [2.24, 2.45) is 5.92 Å². The van der Waals surface area contributed by atoms with Crippen LogP contribution in [0.2, 0.25) is 0 Å². The largest absolute Gasteiger partial charge is 0.384 e. The van der Waals surface area contributed by atoms with Crippen LogP contribution in [-0.4, -0.2) is 50.3 Å². The second-order valence-electron chi connectivity index (χ2n) is 6.41. The first-order valence-corrected chi connectivity index (χ1v) is 8.29. The predicted molar refractivity (Wildman–Crippen MR) is 80.5 cm³/mol. The average molecular weight is 268 g/mol. The van der Waals surface area contributed by atoms with Crippen LogP contribution in [0.15, 0.2) is 0 Å². The molecule has 2 rings (SSSR count). The number of rotatable bonds is 6. The number of piperidine rings is 1. The molecule has 1 aliphatic carbocycles. The maximum absolute atomic E-state index is 5.29. The summed E-state index contributed by atoms with van der Waals surface area (Å²) in [5.74, 6) is 0.804. The van der Waals surface area contributed by atoms with Crippen LogP contribution in [0.3, 0.4) is 0 Å². The van der Waals surface area contributed by atoms with Gasteiger partial charge in [0, 0.05) is 25.8 Å². The van der Waals surface area contributed by atoms with E-state index in [1.807, 2.05) is 7.11 Å². The molecule has 2 fully saturated rings. The normalized spacial score (nSPS) is 30.6. The summed E-state index contributed by atoms with van der Waals surface area (Å²) in [5.41, 5.74) is 0. The lowest BCUT2D eigenvalue weighted by Crippen LogP contribution is -2.47. The van der Waals surface area contributed by atoms with E-state index in [2.05, 4.69) is 17.1 Å². The molecule has 0 aromatic carbocycles. The second kappa shape index (κ2) is 8.23. The van der Waals surface area contributed by atoms with Crippen molar-refractivity contribution < 1.29 is 4.74 Å². The molecule has 19 heavy (non-hydrogen) atoms. The molecule has 0 amide bonds. The van der Waals surface area contributed by atoms with Crippen LogP contribution in [0.25, 0.3) is 0 Å². The highest BCUT2D eigenvalue weighted by Gasteiger charge is 2.29. The van der Waals surface area contributed by atoms with Crippen LogP contribution < -0.4 is 5.32 Å². The molecule has 0 aromatic heterocycles. The quantitative estimate of drug-likeness (QED) is 0.801. The van der Waals surface area contributed by atoms with Crippen molar-refractivity contribution in [3.8, 4) is 0 Å². The molecule has 3 heteroatoms. The molecular weight excluding hydrogens is 236 g/mol. The minimum absolute atomic E-state index is 0.774. The van der Waals surface area contributed by atoms with Crippen molar-refractivity contribution in [3.05, 3.63) is 0 Å². The van der Waals surface area contributed by atoms with E-state index in [0.29, 0.717) is 0 Å². The number of nitrogens with zero attached hydrogens (tertiary/aromatic N) is 1. The zero-order valence-corrected chi connectivity index (χ0v) is 12.9. The van der Waals surface area contributed by atoms with Gasteiger partial charge in [-0.05, 0) is 64.1 Å². The van der Waals surface area contributed by atoms with Gasteiger partial charge in [-0.25, -0.2) is 0 Å². The summed E-state index contributed by atoms with van der Waals surface area (Å²) in [5, 5.41) is 3.72. The number of methoxy groups -OCH3 is 1. The maximum atomic E-state index is 5.29. The van der Waals surface area contributed by atoms with Gasteiger partial charge in [-0.1, -0.05) is 13.3 Å². The first-order valence-electron chi connectivity index (χ1n) is 8.29. The third-order valence-electron chi connectivity index (χ3n) is 4.90. The van der Waals surface area contributed by atoms with Gasteiger partial charge in [0.15, 0.2) is 0 Å². The van der Waals surface area contributed by atoms with Crippen LogP contribution in [-0.2, 0) is 4.74 Å². The zero-order chi connectivity index (χ0) is 13.5. The van der Waals surface area contributed by atoms with Gasteiger partial charge in [0.25, 0.3) is 0 Å². The van der Waals surface area contributed by atoms with Gasteiger partial charge in [-0.15, -0.1) is 0 Å². The lowest BCUT2D eigenvalue weighted by atomic mass is 9.87. The van der Waals surface area contributed by atoms with Gasteiger partial charge in [-0.2, -0.15) is 0 Å². The third-order valence-corrected chi connectivity index (χ3v) is 4.90. The highest BCUT2D eigenvalue weighted by molar-refractivity contribution is 4.86. The topological polar surface area (TPSA) is 24.5 Å². The fourth-order valence-corrected chi connectivity index (χ4v) is 3.75. The molecule has 1 saturated heterocycles. The summed E-state index contributed by atoms with van der Waals surface area (Å²) < 4.78 is 5.29. The second-order valence-corrected chi connectivity index (χ2v) is 6.41. The Labute approximate surface area is 119 Å². The minimum atomic E-state index is 0.774. The molecule has 1 aliphatic heterocycles. The molecule has 0 spiro atoms. The van der Waals surface area contributed by atoms with E-state index in [9.17, 15) is 0 Å². The van der Waals surface area contributed by atoms with Crippen molar-refractivity contribution in [1.29, 1.82) is 0 Å². The van der Waals surface area contributed by atoms with Crippen molar-refractivity contribution in [2.75, 3.05) is 33.4 Å². The summed E-state index contributed by atoms with van der Waals surface area (Å²) in [6, 6.07) is 1.61. The maximum Gasteiger partial charge on any atom is 0.0491 e. The van der Waals surface area contributed by atoms with Crippen LogP contribution >= 0.6 is 0 Å². The van der Waals surface area contributed by atoms with E-state index in [0.717, 1.165) is 24.6 Å². The third kappa shape index (κ3) is 4.73. The van der Waals surface area contributed by atoms with E-state index in [-0.39, 0.29) is 0 Å². The van der Waals surface area contributed by atoms with Gasteiger partial charge in [0.2, 0.25) is 0 Å². The number of nitrogens with one attached hydrogen (secondary N) is 1. The zero-order valence-electron chi connectivity index (χ0n) is 12.9. The van der Waals surface area contributed by atoms with E-state index in [4.69, 9.17) is 4.74 Å². The molecule has 112 valence electrons. The Morgan fingerprint density at radius 1 is 1.16 bits per heavy atom. The Bertz CT molecular complexity index is 239. The van der Waals surface area contributed by atoms with Gasteiger partial charge in [0.1, 0.15) is 0 Å². The summed E-state index contributed by atoms with van der Waals surface area (Å²) in [7, 11) is 1.83. The van der Waals surface area contributed by atoms with Gasteiger partial charge >= 0.3 is 0 Å². The molecule has 2 aliphatic rings. The molecule has 1 N–H and O–H groups in total. The standard InChI is InChI=1S/C16H32N2O/c1-3-9-17-15-5-4-6-16(12-15)18-10-7-14(8-11-18)13-19-2/h14-17H,3-13H2,1-2H3. The average Bonchev–Trinajstić information content (AvgIpc) is 2.46. The van der Waals surface area contributed by atoms with Crippen molar-refractivity contribution in [1.82, 2.24) is 10.2 Å². The highest BCUT2D eigenvalue weighted by Crippen LogP contribution is 2.27. The lowest BCUT2D eigenvalue weighted by molar-refractivity contribution is 0.0634. The van der Waals surface area contributed by atoms with Crippen molar-refractivity contribution in [2.45, 2.75) is 64.0 Å². The van der Waals surface area contributed by atoms with Crippen LogP contribution in [0.1, 0.15) is 51.9 Å². The van der Waals surface area contributed by atoms with Gasteiger partial charge in [0.05, 0.1) is 0 Å². The Morgan fingerprint density at radius 2 is 1.95 bits per heavy atom. The Kier molecular flexibility index (Phi) is 6.62. The Morgan fingerprint density at radius 3 is 2.63 bits per heavy atom. The van der Waals surface area contributed by atoms with E-state index < -0.39 is 0 Å². The highest BCUT2D eigenvalue weighted by atomic mass is 16.5. The number of hydrogen-bond acceptors (Lipinski definition) is 3.